The second kappa shape index (κ2) is 4.94. The number of carbonyl (C=O) groups excluding carboxylic acids is 1. The average Bonchev–Trinajstić information content (AvgIpc) is 2.58. The third-order valence-corrected chi connectivity index (χ3v) is 4.62. The first kappa shape index (κ1) is 13.2. The summed E-state index contributed by atoms with van der Waals surface area (Å²) in [5.41, 5.74) is 2.41. The molecule has 1 aromatic heterocycles. The van der Waals surface area contributed by atoms with Crippen LogP contribution in [0.4, 0.5) is 5.69 Å². The van der Waals surface area contributed by atoms with Crippen molar-refractivity contribution >= 4 is 34.3 Å². The number of aromatic nitrogens is 1. The molecular weight excluding hydrogens is 274 g/mol. The largest absolute Gasteiger partial charge is 0.493 e. The summed E-state index contributed by atoms with van der Waals surface area (Å²) in [5.74, 6) is 1.68. The average molecular weight is 289 g/mol. The summed E-state index contributed by atoms with van der Waals surface area (Å²) in [4.78, 5) is 11.0. The second-order valence-corrected chi connectivity index (χ2v) is 6.05. The zero-order chi connectivity index (χ0) is 14.3. The van der Waals surface area contributed by atoms with E-state index in [1.165, 1.54) is 6.92 Å². The minimum atomic E-state index is -0.378. The second-order valence-electron chi connectivity index (χ2n) is 4.97. The number of azo groups is 1. The van der Waals surface area contributed by atoms with E-state index in [1.807, 2.05) is 41.5 Å². The standard InChI is InChI=1S/C14H15N3O2S/c1-8-3-4-12-11(5-8)13(16-15-9(2)18)14(19)17(12)10-6-20-7-10/h3-5,10,19H,6-7H2,1-2H3. The van der Waals surface area contributed by atoms with Crippen LogP contribution in [0.2, 0.25) is 0 Å². The Morgan fingerprint density at radius 1 is 1.45 bits per heavy atom. The highest BCUT2D eigenvalue weighted by molar-refractivity contribution is 8.00. The Kier molecular flexibility index (Phi) is 3.25. The molecule has 0 saturated carbocycles. The molecule has 2 aromatic rings. The fraction of sp³-hybridized carbons (Fsp3) is 0.357. The molecule has 1 aliphatic heterocycles. The number of nitrogens with zero attached hydrogens (tertiary/aromatic N) is 3. The van der Waals surface area contributed by atoms with E-state index in [0.717, 1.165) is 28.0 Å². The number of thioether (sulfide) groups is 1. The first-order chi connectivity index (χ1) is 9.58. The fourth-order valence-corrected chi connectivity index (χ4v) is 3.10. The Morgan fingerprint density at radius 3 is 2.80 bits per heavy atom. The van der Waals surface area contributed by atoms with Crippen LogP contribution in [-0.2, 0) is 4.79 Å². The van der Waals surface area contributed by atoms with Gasteiger partial charge < -0.3 is 9.67 Å². The van der Waals surface area contributed by atoms with Gasteiger partial charge in [-0.15, -0.1) is 10.2 Å². The molecule has 104 valence electrons. The minimum absolute atomic E-state index is 0.0981. The molecule has 6 heteroatoms. The normalized spacial score (nSPS) is 15.9. The number of aryl methyl sites for hydroxylation is 1. The van der Waals surface area contributed by atoms with Gasteiger partial charge in [-0.25, -0.2) is 0 Å². The van der Waals surface area contributed by atoms with Crippen molar-refractivity contribution in [3.05, 3.63) is 23.8 Å². The molecule has 1 N–H and O–H groups in total. The Hall–Kier alpha value is -1.82. The molecule has 5 nitrogen and oxygen atoms in total. The monoisotopic (exact) mass is 289 g/mol. The molecule has 1 amide bonds. The Labute approximate surface area is 120 Å². The van der Waals surface area contributed by atoms with E-state index < -0.39 is 0 Å². The predicted octanol–water partition coefficient (Wildman–Crippen LogP) is 3.57. The lowest BCUT2D eigenvalue weighted by molar-refractivity contribution is -0.116. The van der Waals surface area contributed by atoms with E-state index in [-0.39, 0.29) is 17.8 Å². The van der Waals surface area contributed by atoms with Gasteiger partial charge in [-0.3, -0.25) is 4.79 Å². The van der Waals surface area contributed by atoms with Crippen LogP contribution in [0.5, 0.6) is 5.88 Å². The summed E-state index contributed by atoms with van der Waals surface area (Å²) in [7, 11) is 0. The van der Waals surface area contributed by atoms with E-state index in [9.17, 15) is 9.90 Å². The molecule has 0 bridgehead atoms. The molecule has 0 spiro atoms. The van der Waals surface area contributed by atoms with Gasteiger partial charge in [0.1, 0.15) is 0 Å². The smallest absolute Gasteiger partial charge is 0.261 e. The van der Waals surface area contributed by atoms with Gasteiger partial charge in [0.2, 0.25) is 5.88 Å². The lowest BCUT2D eigenvalue weighted by Crippen LogP contribution is -2.22. The lowest BCUT2D eigenvalue weighted by Gasteiger charge is -2.27. The topological polar surface area (TPSA) is 66.9 Å². The summed E-state index contributed by atoms with van der Waals surface area (Å²) >= 11 is 1.85. The van der Waals surface area contributed by atoms with Crippen molar-refractivity contribution in [2.24, 2.45) is 10.2 Å². The molecule has 1 aliphatic rings. The predicted molar refractivity (Wildman–Crippen MR) is 79.9 cm³/mol. The summed E-state index contributed by atoms with van der Waals surface area (Å²) in [5, 5.41) is 18.8. The van der Waals surface area contributed by atoms with Crippen LogP contribution in [-0.4, -0.2) is 27.1 Å². The van der Waals surface area contributed by atoms with Crippen LogP contribution < -0.4 is 0 Å². The summed E-state index contributed by atoms with van der Waals surface area (Å²) in [6, 6.07) is 6.24. The van der Waals surface area contributed by atoms with E-state index in [1.54, 1.807) is 0 Å². The number of rotatable bonds is 2. The van der Waals surface area contributed by atoms with Crippen molar-refractivity contribution < 1.29 is 9.90 Å². The van der Waals surface area contributed by atoms with E-state index in [2.05, 4.69) is 10.2 Å². The van der Waals surface area contributed by atoms with E-state index in [0.29, 0.717) is 5.69 Å². The molecule has 0 aliphatic carbocycles. The van der Waals surface area contributed by atoms with Crippen molar-refractivity contribution in [1.82, 2.24) is 4.57 Å². The van der Waals surface area contributed by atoms with Crippen molar-refractivity contribution in [3.63, 3.8) is 0 Å². The number of fused-ring (bicyclic) bond motifs is 1. The maximum atomic E-state index is 11.0. The highest BCUT2D eigenvalue weighted by Crippen LogP contribution is 2.44. The lowest BCUT2D eigenvalue weighted by atomic mass is 10.1. The Morgan fingerprint density at radius 2 is 2.20 bits per heavy atom. The number of amides is 1. The van der Waals surface area contributed by atoms with Crippen LogP contribution in [0.1, 0.15) is 18.5 Å². The SMILES string of the molecule is CC(=O)N=Nc1c(O)n(C2CSC2)c2ccc(C)cc12. The van der Waals surface area contributed by atoms with Crippen molar-refractivity contribution in [1.29, 1.82) is 0 Å². The maximum absolute atomic E-state index is 11.0. The number of hydrogen-bond acceptors (Lipinski definition) is 4. The van der Waals surface area contributed by atoms with Crippen LogP contribution >= 0.6 is 11.8 Å². The maximum Gasteiger partial charge on any atom is 0.261 e. The zero-order valence-corrected chi connectivity index (χ0v) is 12.1. The molecule has 0 unspecified atom stereocenters. The molecule has 20 heavy (non-hydrogen) atoms. The molecule has 3 rings (SSSR count). The van der Waals surface area contributed by atoms with Gasteiger partial charge >= 0.3 is 0 Å². The van der Waals surface area contributed by atoms with Crippen LogP contribution in [0.25, 0.3) is 10.9 Å². The van der Waals surface area contributed by atoms with Gasteiger partial charge in [-0.05, 0) is 19.1 Å². The van der Waals surface area contributed by atoms with Crippen molar-refractivity contribution in [2.45, 2.75) is 19.9 Å². The van der Waals surface area contributed by atoms with Gasteiger partial charge in [0.25, 0.3) is 5.91 Å². The Bertz CT molecular complexity index is 717. The van der Waals surface area contributed by atoms with Gasteiger partial charge in [-0.2, -0.15) is 11.8 Å². The van der Waals surface area contributed by atoms with Gasteiger partial charge in [0.15, 0.2) is 5.69 Å². The third kappa shape index (κ3) is 2.10. The fourth-order valence-electron chi connectivity index (χ4n) is 2.36. The van der Waals surface area contributed by atoms with Crippen molar-refractivity contribution in [2.75, 3.05) is 11.5 Å². The number of benzene rings is 1. The molecular formula is C14H15N3O2S. The molecule has 0 radical (unpaired) electrons. The molecule has 0 atom stereocenters. The van der Waals surface area contributed by atoms with E-state index in [4.69, 9.17) is 0 Å². The molecule has 1 fully saturated rings. The minimum Gasteiger partial charge on any atom is -0.493 e. The molecule has 1 aromatic carbocycles. The molecule has 1 saturated heterocycles. The third-order valence-electron chi connectivity index (χ3n) is 3.38. The number of aromatic hydroxyl groups is 1. The highest BCUT2D eigenvalue weighted by Gasteiger charge is 2.27. The van der Waals surface area contributed by atoms with Gasteiger partial charge in [-0.1, -0.05) is 11.6 Å². The number of carbonyl (C=O) groups is 1. The van der Waals surface area contributed by atoms with Crippen LogP contribution in [0.15, 0.2) is 28.4 Å². The van der Waals surface area contributed by atoms with Gasteiger partial charge in [0.05, 0.1) is 11.6 Å². The summed E-state index contributed by atoms with van der Waals surface area (Å²) in [6.45, 7) is 3.33. The van der Waals surface area contributed by atoms with Crippen molar-refractivity contribution in [3.8, 4) is 5.88 Å². The molecule has 2 heterocycles. The zero-order valence-electron chi connectivity index (χ0n) is 11.3. The first-order valence-corrected chi connectivity index (χ1v) is 7.57. The van der Waals surface area contributed by atoms with E-state index >= 15 is 0 Å². The van der Waals surface area contributed by atoms with Gasteiger partial charge in [0, 0.05) is 23.8 Å². The highest BCUT2D eigenvalue weighted by atomic mass is 32.2. The first-order valence-electron chi connectivity index (χ1n) is 6.41. The van der Waals surface area contributed by atoms with Crippen LogP contribution in [0, 0.1) is 6.92 Å². The Balaban J connectivity index is 2.23. The van der Waals surface area contributed by atoms with Crippen LogP contribution in [0.3, 0.4) is 0 Å². The number of hydrogen-bond donors (Lipinski definition) is 1. The summed E-state index contributed by atoms with van der Waals surface area (Å²) in [6.07, 6.45) is 0. The summed E-state index contributed by atoms with van der Waals surface area (Å²) < 4.78 is 1.90. The quantitative estimate of drug-likeness (QED) is 0.859.